The van der Waals surface area contributed by atoms with Gasteiger partial charge in [0, 0.05) is 42.5 Å². The van der Waals surface area contributed by atoms with Crippen LogP contribution in [0.3, 0.4) is 0 Å². The van der Waals surface area contributed by atoms with Crippen molar-refractivity contribution in [3.63, 3.8) is 0 Å². The predicted octanol–water partition coefficient (Wildman–Crippen LogP) is 3.18. The molecule has 0 aliphatic carbocycles. The number of thioether (sulfide) groups is 1. The second kappa shape index (κ2) is 8.70. The molecule has 1 aromatic carbocycles. The Morgan fingerprint density at radius 2 is 2.07 bits per heavy atom. The van der Waals surface area contributed by atoms with E-state index >= 15 is 0 Å². The van der Waals surface area contributed by atoms with Crippen LogP contribution < -0.4 is 5.32 Å². The van der Waals surface area contributed by atoms with Gasteiger partial charge in [0.25, 0.3) is 5.91 Å². The molecule has 8 nitrogen and oxygen atoms in total. The number of carbonyl (C=O) groups is 1. The van der Waals surface area contributed by atoms with E-state index in [0.717, 1.165) is 10.5 Å². The second-order valence-corrected chi connectivity index (χ2v) is 7.15. The summed E-state index contributed by atoms with van der Waals surface area (Å²) in [6, 6.07) is 13.0. The third-order valence-corrected chi connectivity index (χ3v) is 5.16. The van der Waals surface area contributed by atoms with Gasteiger partial charge in [0.1, 0.15) is 0 Å². The first kappa shape index (κ1) is 18.9. The van der Waals surface area contributed by atoms with Crippen molar-refractivity contribution in [1.29, 1.82) is 0 Å². The van der Waals surface area contributed by atoms with Gasteiger partial charge in [0.15, 0.2) is 11.6 Å². The Labute approximate surface area is 171 Å². The van der Waals surface area contributed by atoms with Crippen LogP contribution in [0.5, 0.6) is 0 Å². The molecule has 29 heavy (non-hydrogen) atoms. The van der Waals surface area contributed by atoms with E-state index in [0.29, 0.717) is 35.4 Å². The smallest absolute Gasteiger partial charge is 0.252 e. The predicted molar refractivity (Wildman–Crippen MR) is 108 cm³/mol. The summed E-state index contributed by atoms with van der Waals surface area (Å²) in [5.41, 5.74) is 1.47. The standard InChI is InChI=1S/C20H18N6O2S/c1-14-24-18(25-28-14)13-29-17-8-3-2-7-16(17)20(27)22-12-15-6-4-9-21-19(15)26-11-5-10-23-26/h2-11H,12-13H2,1H3,(H,22,27). The zero-order valence-corrected chi connectivity index (χ0v) is 16.5. The molecule has 0 fully saturated rings. The van der Waals surface area contributed by atoms with Crippen molar-refractivity contribution < 1.29 is 9.32 Å². The fourth-order valence-electron chi connectivity index (χ4n) is 2.76. The topological polar surface area (TPSA) is 98.7 Å². The molecule has 9 heteroatoms. The van der Waals surface area contributed by atoms with Crippen LogP contribution in [-0.2, 0) is 12.3 Å². The van der Waals surface area contributed by atoms with Crippen LogP contribution in [0.4, 0.5) is 0 Å². The van der Waals surface area contributed by atoms with E-state index in [9.17, 15) is 4.79 Å². The van der Waals surface area contributed by atoms with Gasteiger partial charge in [0.05, 0.1) is 11.3 Å². The third-order valence-electron chi connectivity index (χ3n) is 4.09. The van der Waals surface area contributed by atoms with Crippen LogP contribution in [0, 0.1) is 6.92 Å². The molecular formula is C20H18N6O2S. The maximum Gasteiger partial charge on any atom is 0.252 e. The molecule has 0 radical (unpaired) electrons. The molecule has 4 rings (SSSR count). The van der Waals surface area contributed by atoms with Crippen LogP contribution in [-0.4, -0.2) is 30.8 Å². The Morgan fingerprint density at radius 1 is 1.17 bits per heavy atom. The first-order valence-corrected chi connectivity index (χ1v) is 9.92. The lowest BCUT2D eigenvalue weighted by atomic mass is 10.2. The first-order valence-electron chi connectivity index (χ1n) is 8.94. The van der Waals surface area contributed by atoms with Crippen LogP contribution >= 0.6 is 11.8 Å². The van der Waals surface area contributed by atoms with E-state index < -0.39 is 0 Å². The Kier molecular flexibility index (Phi) is 5.66. The number of rotatable bonds is 7. The molecule has 3 aromatic heterocycles. The number of nitrogens with one attached hydrogen (secondary N) is 1. The van der Waals surface area contributed by atoms with Crippen LogP contribution in [0.1, 0.15) is 27.6 Å². The van der Waals surface area contributed by atoms with Crippen LogP contribution in [0.25, 0.3) is 5.82 Å². The lowest BCUT2D eigenvalue weighted by Crippen LogP contribution is -2.24. The molecule has 0 saturated carbocycles. The van der Waals surface area contributed by atoms with Crippen molar-refractivity contribution in [2.45, 2.75) is 24.1 Å². The minimum Gasteiger partial charge on any atom is -0.348 e. The highest BCUT2D eigenvalue weighted by molar-refractivity contribution is 7.98. The normalized spacial score (nSPS) is 10.8. The Morgan fingerprint density at radius 3 is 2.86 bits per heavy atom. The number of nitrogens with zero attached hydrogens (tertiary/aromatic N) is 5. The van der Waals surface area contributed by atoms with Gasteiger partial charge in [-0.15, -0.1) is 11.8 Å². The fraction of sp³-hybridized carbons (Fsp3) is 0.150. The molecule has 146 valence electrons. The number of hydrogen-bond donors (Lipinski definition) is 1. The summed E-state index contributed by atoms with van der Waals surface area (Å²) in [5.74, 6) is 2.17. The molecule has 0 aliphatic heterocycles. The minimum atomic E-state index is -0.160. The van der Waals surface area contributed by atoms with Gasteiger partial charge in [-0.25, -0.2) is 9.67 Å². The van der Waals surface area contributed by atoms with E-state index in [1.54, 1.807) is 30.1 Å². The highest BCUT2D eigenvalue weighted by atomic mass is 32.2. The maximum absolute atomic E-state index is 12.8. The summed E-state index contributed by atoms with van der Waals surface area (Å²) in [5, 5.41) is 11.1. The molecule has 0 bridgehead atoms. The molecule has 3 heterocycles. The fourth-order valence-corrected chi connectivity index (χ4v) is 3.65. The van der Waals surface area contributed by atoms with Crippen molar-refractivity contribution in [2.75, 3.05) is 0 Å². The van der Waals surface area contributed by atoms with Crippen LogP contribution in [0.15, 0.2) is 70.5 Å². The molecule has 0 unspecified atom stereocenters. The summed E-state index contributed by atoms with van der Waals surface area (Å²) < 4.78 is 6.67. The van der Waals surface area contributed by atoms with E-state index in [4.69, 9.17) is 4.52 Å². The molecule has 1 N–H and O–H groups in total. The summed E-state index contributed by atoms with van der Waals surface area (Å²) in [6.45, 7) is 2.09. The monoisotopic (exact) mass is 406 g/mol. The SMILES string of the molecule is Cc1nc(CSc2ccccc2C(=O)NCc2cccnc2-n2cccn2)no1. The van der Waals surface area contributed by atoms with Crippen molar-refractivity contribution in [3.8, 4) is 5.82 Å². The van der Waals surface area contributed by atoms with E-state index in [-0.39, 0.29) is 5.91 Å². The highest BCUT2D eigenvalue weighted by Crippen LogP contribution is 2.25. The van der Waals surface area contributed by atoms with E-state index in [1.807, 2.05) is 42.6 Å². The molecule has 0 atom stereocenters. The molecule has 1 amide bonds. The maximum atomic E-state index is 12.8. The van der Waals surface area contributed by atoms with Gasteiger partial charge < -0.3 is 9.84 Å². The number of carbonyl (C=O) groups excluding carboxylic acids is 1. The van der Waals surface area contributed by atoms with Crippen molar-refractivity contribution >= 4 is 17.7 Å². The van der Waals surface area contributed by atoms with Crippen LogP contribution in [0.2, 0.25) is 0 Å². The molecular weight excluding hydrogens is 388 g/mol. The summed E-state index contributed by atoms with van der Waals surface area (Å²) >= 11 is 1.49. The van der Waals surface area contributed by atoms with Gasteiger partial charge >= 0.3 is 0 Å². The van der Waals surface area contributed by atoms with Gasteiger partial charge in [-0.05, 0) is 24.3 Å². The molecule has 0 aliphatic rings. The number of hydrogen-bond acceptors (Lipinski definition) is 7. The number of pyridine rings is 1. The number of aromatic nitrogens is 5. The number of amides is 1. The van der Waals surface area contributed by atoms with Crippen molar-refractivity contribution in [2.24, 2.45) is 0 Å². The zero-order valence-electron chi connectivity index (χ0n) is 15.6. The number of aryl methyl sites for hydroxylation is 1. The summed E-state index contributed by atoms with van der Waals surface area (Å²) in [6.07, 6.45) is 5.21. The molecule has 0 saturated heterocycles. The average Bonchev–Trinajstić information content (AvgIpc) is 3.43. The van der Waals surface area contributed by atoms with Crippen molar-refractivity contribution in [3.05, 3.63) is 83.9 Å². The van der Waals surface area contributed by atoms with Crippen molar-refractivity contribution in [1.82, 2.24) is 30.2 Å². The Hall–Kier alpha value is -3.46. The quantitative estimate of drug-likeness (QED) is 0.471. The minimum absolute atomic E-state index is 0.160. The Bertz CT molecular complexity index is 1110. The first-order chi connectivity index (χ1) is 14.2. The lowest BCUT2D eigenvalue weighted by Gasteiger charge is -2.11. The van der Waals surface area contributed by atoms with Gasteiger partial charge in [-0.3, -0.25) is 4.79 Å². The molecule has 4 aromatic rings. The largest absolute Gasteiger partial charge is 0.348 e. The van der Waals surface area contributed by atoms with E-state index in [2.05, 4.69) is 25.5 Å². The average molecular weight is 406 g/mol. The number of benzene rings is 1. The van der Waals surface area contributed by atoms with Gasteiger partial charge in [-0.2, -0.15) is 10.1 Å². The summed E-state index contributed by atoms with van der Waals surface area (Å²) in [7, 11) is 0. The highest BCUT2D eigenvalue weighted by Gasteiger charge is 2.14. The lowest BCUT2D eigenvalue weighted by molar-refractivity contribution is 0.0948. The third kappa shape index (κ3) is 4.52. The summed E-state index contributed by atoms with van der Waals surface area (Å²) in [4.78, 5) is 22.3. The van der Waals surface area contributed by atoms with Gasteiger partial charge in [-0.1, -0.05) is 23.4 Å². The Balaban J connectivity index is 1.46. The van der Waals surface area contributed by atoms with Gasteiger partial charge in [0.2, 0.25) is 5.89 Å². The zero-order chi connectivity index (χ0) is 20.1. The molecule has 0 spiro atoms. The van der Waals surface area contributed by atoms with E-state index in [1.165, 1.54) is 11.8 Å². The second-order valence-electron chi connectivity index (χ2n) is 6.13.